The number of rotatable bonds is 2. The number of fused-ring (bicyclic) bond motifs is 1. The van der Waals surface area contributed by atoms with Gasteiger partial charge >= 0.3 is 5.97 Å². The number of benzene rings is 1. The molecule has 0 spiro atoms. The molecule has 0 bridgehead atoms. The first-order valence-corrected chi connectivity index (χ1v) is 5.51. The molecule has 0 aliphatic carbocycles. The predicted molar refractivity (Wildman–Crippen MR) is 59.8 cm³/mol. The van der Waals surface area contributed by atoms with E-state index in [4.69, 9.17) is 4.74 Å². The van der Waals surface area contributed by atoms with Gasteiger partial charge in [-0.15, -0.1) is 11.3 Å². The molecule has 2 rings (SSSR count). The summed E-state index contributed by atoms with van der Waals surface area (Å²) >= 11 is 1.56. The zero-order chi connectivity index (χ0) is 10.8. The lowest BCUT2D eigenvalue weighted by molar-refractivity contribution is -0.145. The second-order valence-electron chi connectivity index (χ2n) is 3.27. The SMILES string of the molecule is CC(=O)OC(C)c1nc2ccccc2s1. The number of aromatic nitrogens is 1. The minimum Gasteiger partial charge on any atom is -0.455 e. The van der Waals surface area contributed by atoms with Gasteiger partial charge in [0.1, 0.15) is 5.01 Å². The molecule has 1 heterocycles. The van der Waals surface area contributed by atoms with Crippen molar-refractivity contribution in [3.63, 3.8) is 0 Å². The molecule has 0 aliphatic heterocycles. The second kappa shape index (κ2) is 3.98. The molecule has 1 atom stereocenters. The van der Waals surface area contributed by atoms with E-state index in [2.05, 4.69) is 4.98 Å². The number of carbonyl (C=O) groups is 1. The highest BCUT2D eigenvalue weighted by Crippen LogP contribution is 2.27. The molecule has 0 N–H and O–H groups in total. The number of hydrogen-bond acceptors (Lipinski definition) is 4. The Balaban J connectivity index is 2.32. The molecular formula is C11H11NO2S. The van der Waals surface area contributed by atoms with Gasteiger partial charge in [0.25, 0.3) is 0 Å². The first-order chi connectivity index (χ1) is 7.16. The lowest BCUT2D eigenvalue weighted by Crippen LogP contribution is -2.03. The molecule has 0 saturated carbocycles. The van der Waals surface area contributed by atoms with Crippen LogP contribution in [0.15, 0.2) is 24.3 Å². The lowest BCUT2D eigenvalue weighted by atomic mass is 10.3. The summed E-state index contributed by atoms with van der Waals surface area (Å²) in [5.74, 6) is -0.276. The van der Waals surface area contributed by atoms with Gasteiger partial charge in [-0.05, 0) is 19.1 Å². The number of carbonyl (C=O) groups excluding carboxylic acids is 1. The molecule has 0 aliphatic rings. The monoisotopic (exact) mass is 221 g/mol. The molecular weight excluding hydrogens is 210 g/mol. The summed E-state index contributed by atoms with van der Waals surface area (Å²) < 4.78 is 6.19. The van der Waals surface area contributed by atoms with Gasteiger partial charge in [0.15, 0.2) is 6.10 Å². The minimum atomic E-state index is -0.276. The third-order valence-electron chi connectivity index (χ3n) is 2.00. The van der Waals surface area contributed by atoms with E-state index in [0.29, 0.717) is 0 Å². The van der Waals surface area contributed by atoms with E-state index in [-0.39, 0.29) is 12.1 Å². The average molecular weight is 221 g/mol. The Labute approximate surface area is 91.7 Å². The standard InChI is InChI=1S/C11H11NO2S/c1-7(14-8(2)13)11-12-9-5-3-4-6-10(9)15-11/h3-7H,1-2H3. The Morgan fingerprint density at radius 1 is 1.47 bits per heavy atom. The summed E-state index contributed by atoms with van der Waals surface area (Å²) in [7, 11) is 0. The van der Waals surface area contributed by atoms with Crippen LogP contribution < -0.4 is 0 Å². The summed E-state index contributed by atoms with van der Waals surface area (Å²) in [4.78, 5) is 15.2. The van der Waals surface area contributed by atoms with Crippen molar-refractivity contribution in [2.24, 2.45) is 0 Å². The van der Waals surface area contributed by atoms with Crippen molar-refractivity contribution in [3.05, 3.63) is 29.3 Å². The quantitative estimate of drug-likeness (QED) is 0.732. The Kier molecular flexibility index (Phi) is 2.68. The molecule has 1 unspecified atom stereocenters. The molecule has 1 aromatic heterocycles. The van der Waals surface area contributed by atoms with Crippen molar-refractivity contribution in [2.75, 3.05) is 0 Å². The van der Waals surface area contributed by atoms with Gasteiger partial charge < -0.3 is 4.74 Å². The zero-order valence-electron chi connectivity index (χ0n) is 8.56. The maximum Gasteiger partial charge on any atom is 0.303 e. The van der Waals surface area contributed by atoms with Gasteiger partial charge in [-0.25, -0.2) is 4.98 Å². The van der Waals surface area contributed by atoms with Crippen molar-refractivity contribution >= 4 is 27.5 Å². The van der Waals surface area contributed by atoms with Crippen LogP contribution in [-0.4, -0.2) is 11.0 Å². The number of esters is 1. The topological polar surface area (TPSA) is 39.2 Å². The van der Waals surface area contributed by atoms with Gasteiger partial charge in [0.2, 0.25) is 0 Å². The molecule has 4 heteroatoms. The van der Waals surface area contributed by atoms with Gasteiger partial charge in [-0.2, -0.15) is 0 Å². The van der Waals surface area contributed by atoms with Crippen LogP contribution in [0.3, 0.4) is 0 Å². The summed E-state index contributed by atoms with van der Waals surface area (Å²) in [6.07, 6.45) is -0.264. The van der Waals surface area contributed by atoms with E-state index in [1.807, 2.05) is 31.2 Å². The fourth-order valence-corrected chi connectivity index (χ4v) is 2.31. The molecule has 15 heavy (non-hydrogen) atoms. The average Bonchev–Trinajstić information content (AvgIpc) is 2.59. The van der Waals surface area contributed by atoms with Crippen molar-refractivity contribution < 1.29 is 9.53 Å². The van der Waals surface area contributed by atoms with Gasteiger partial charge in [-0.1, -0.05) is 12.1 Å². The summed E-state index contributed by atoms with van der Waals surface area (Å²) in [6, 6.07) is 7.88. The van der Waals surface area contributed by atoms with Crippen molar-refractivity contribution in [1.82, 2.24) is 4.98 Å². The Morgan fingerprint density at radius 2 is 2.20 bits per heavy atom. The molecule has 0 amide bonds. The molecule has 1 aromatic carbocycles. The van der Waals surface area contributed by atoms with E-state index < -0.39 is 0 Å². The van der Waals surface area contributed by atoms with E-state index in [1.165, 1.54) is 6.92 Å². The fraction of sp³-hybridized carbons (Fsp3) is 0.273. The lowest BCUT2D eigenvalue weighted by Gasteiger charge is -2.07. The maximum atomic E-state index is 10.8. The van der Waals surface area contributed by atoms with Crippen LogP contribution in [0.5, 0.6) is 0 Å². The fourth-order valence-electron chi connectivity index (χ4n) is 1.36. The van der Waals surface area contributed by atoms with E-state index in [0.717, 1.165) is 15.2 Å². The normalized spacial score (nSPS) is 12.7. The Morgan fingerprint density at radius 3 is 2.87 bits per heavy atom. The second-order valence-corrected chi connectivity index (χ2v) is 4.33. The van der Waals surface area contributed by atoms with Crippen LogP contribution in [0.25, 0.3) is 10.2 Å². The molecule has 0 radical (unpaired) electrons. The van der Waals surface area contributed by atoms with Crippen LogP contribution in [0.1, 0.15) is 25.0 Å². The Hall–Kier alpha value is -1.42. The third kappa shape index (κ3) is 2.15. The largest absolute Gasteiger partial charge is 0.455 e. The molecule has 0 saturated heterocycles. The third-order valence-corrected chi connectivity index (χ3v) is 3.20. The molecule has 0 fully saturated rings. The number of thiazole rings is 1. The van der Waals surface area contributed by atoms with Gasteiger partial charge in [0, 0.05) is 6.92 Å². The van der Waals surface area contributed by atoms with Gasteiger partial charge in [-0.3, -0.25) is 4.79 Å². The highest BCUT2D eigenvalue weighted by atomic mass is 32.1. The number of ether oxygens (including phenoxy) is 1. The smallest absolute Gasteiger partial charge is 0.303 e. The molecule has 2 aromatic rings. The van der Waals surface area contributed by atoms with Crippen LogP contribution in [0.4, 0.5) is 0 Å². The minimum absolute atomic E-state index is 0.264. The Bertz CT molecular complexity index is 459. The summed E-state index contributed by atoms with van der Waals surface area (Å²) in [5.41, 5.74) is 0.955. The first kappa shape index (κ1) is 10.1. The van der Waals surface area contributed by atoms with Crippen LogP contribution >= 0.6 is 11.3 Å². The van der Waals surface area contributed by atoms with E-state index in [1.54, 1.807) is 11.3 Å². The molecule has 3 nitrogen and oxygen atoms in total. The van der Waals surface area contributed by atoms with Crippen LogP contribution in [-0.2, 0) is 9.53 Å². The highest BCUT2D eigenvalue weighted by molar-refractivity contribution is 7.18. The van der Waals surface area contributed by atoms with Crippen LogP contribution in [0, 0.1) is 0 Å². The predicted octanol–water partition coefficient (Wildman–Crippen LogP) is 2.92. The van der Waals surface area contributed by atoms with E-state index >= 15 is 0 Å². The maximum absolute atomic E-state index is 10.8. The summed E-state index contributed by atoms with van der Waals surface area (Å²) in [6.45, 7) is 3.24. The van der Waals surface area contributed by atoms with Crippen LogP contribution in [0.2, 0.25) is 0 Å². The number of hydrogen-bond donors (Lipinski definition) is 0. The van der Waals surface area contributed by atoms with Gasteiger partial charge in [0.05, 0.1) is 10.2 Å². The van der Waals surface area contributed by atoms with Crippen molar-refractivity contribution in [1.29, 1.82) is 0 Å². The zero-order valence-corrected chi connectivity index (χ0v) is 9.38. The van der Waals surface area contributed by atoms with Crippen molar-refractivity contribution in [3.8, 4) is 0 Å². The van der Waals surface area contributed by atoms with E-state index in [9.17, 15) is 4.79 Å². The first-order valence-electron chi connectivity index (χ1n) is 4.69. The summed E-state index contributed by atoms with van der Waals surface area (Å²) in [5, 5.41) is 0.839. The van der Waals surface area contributed by atoms with Crippen molar-refractivity contribution in [2.45, 2.75) is 20.0 Å². The highest BCUT2D eigenvalue weighted by Gasteiger charge is 2.13. The number of para-hydroxylation sites is 1. The molecule has 78 valence electrons. The number of nitrogens with zero attached hydrogens (tertiary/aromatic N) is 1.